The fourth-order valence-corrected chi connectivity index (χ4v) is 0.975. The summed E-state index contributed by atoms with van der Waals surface area (Å²) in [5.41, 5.74) is 3.98. The third kappa shape index (κ3) is 2.50. The van der Waals surface area contributed by atoms with Crippen LogP contribution in [0.3, 0.4) is 0 Å². The number of nitrogen functional groups attached to an aromatic ring is 1. The van der Waals surface area contributed by atoms with Gasteiger partial charge in [-0.05, 0) is 0 Å². The van der Waals surface area contributed by atoms with Crippen molar-refractivity contribution in [2.24, 2.45) is 0 Å². The highest BCUT2D eigenvalue weighted by molar-refractivity contribution is 5.63. The molecule has 0 bridgehead atoms. The number of alkyl halides is 4. The maximum Gasteiger partial charge on any atom is 0.574 e. The zero-order valence-corrected chi connectivity index (χ0v) is 7.68. The van der Waals surface area contributed by atoms with Crippen LogP contribution in [0.15, 0.2) is 6.20 Å². The van der Waals surface area contributed by atoms with Gasteiger partial charge in [-0.1, -0.05) is 0 Å². The number of rotatable bonds is 2. The first-order valence-electron chi connectivity index (χ1n) is 3.88. The number of halogens is 4. The molecule has 0 spiro atoms. The normalized spacial score (nSPS) is 10.9. The maximum absolute atomic E-state index is 12.3. The first-order valence-corrected chi connectivity index (χ1v) is 3.88. The molecule has 0 aliphatic carbocycles. The fraction of sp³-hybridized carbons (Fsp3) is 0.250. The molecule has 8 heteroatoms. The fourth-order valence-electron chi connectivity index (χ4n) is 0.975. The van der Waals surface area contributed by atoms with E-state index in [0.717, 1.165) is 6.20 Å². The van der Waals surface area contributed by atoms with Gasteiger partial charge in [-0.25, -0.2) is 9.37 Å². The van der Waals surface area contributed by atoms with E-state index in [0.29, 0.717) is 0 Å². The summed E-state index contributed by atoms with van der Waals surface area (Å²) in [4.78, 5) is 3.18. The van der Waals surface area contributed by atoms with E-state index in [-0.39, 0.29) is 5.56 Å². The number of hydrogen-bond donors (Lipinski definition) is 1. The van der Waals surface area contributed by atoms with Gasteiger partial charge in [0, 0.05) is 11.8 Å². The second kappa shape index (κ2) is 4.22. The van der Waals surface area contributed by atoms with Crippen molar-refractivity contribution in [2.75, 3.05) is 5.73 Å². The van der Waals surface area contributed by atoms with E-state index >= 15 is 0 Å². The molecular formula is C8H5F4N3O. The molecule has 4 nitrogen and oxygen atoms in total. The van der Waals surface area contributed by atoms with Crippen molar-refractivity contribution in [1.29, 1.82) is 5.26 Å². The van der Waals surface area contributed by atoms with Crippen LogP contribution in [-0.2, 0) is 6.67 Å². The Morgan fingerprint density at radius 1 is 1.50 bits per heavy atom. The molecule has 0 aromatic carbocycles. The summed E-state index contributed by atoms with van der Waals surface area (Å²) in [5.74, 6) is -0.957. The van der Waals surface area contributed by atoms with E-state index < -0.39 is 30.2 Å². The molecule has 86 valence electrons. The highest BCUT2D eigenvalue weighted by Gasteiger charge is 2.33. The number of aromatic nitrogens is 1. The van der Waals surface area contributed by atoms with E-state index in [2.05, 4.69) is 9.72 Å². The summed E-state index contributed by atoms with van der Waals surface area (Å²) in [6.45, 7) is -1.05. The minimum absolute atomic E-state index is 0.186. The molecular weight excluding hydrogens is 230 g/mol. The van der Waals surface area contributed by atoms with Crippen LogP contribution >= 0.6 is 0 Å². The lowest BCUT2D eigenvalue weighted by Crippen LogP contribution is -2.19. The molecule has 0 aliphatic heterocycles. The summed E-state index contributed by atoms with van der Waals surface area (Å²) in [7, 11) is 0. The molecule has 0 unspecified atom stereocenters. The monoisotopic (exact) mass is 235 g/mol. The standard InChI is InChI=1S/C8H5F4N3O/c9-1-4-3-15-7(16-8(10,11)12)6(14)5(4)2-13/h3H,1,14H2. The van der Waals surface area contributed by atoms with Crippen molar-refractivity contribution < 1.29 is 22.3 Å². The van der Waals surface area contributed by atoms with Crippen molar-refractivity contribution in [3.05, 3.63) is 17.3 Å². The van der Waals surface area contributed by atoms with Crippen LogP contribution in [-0.4, -0.2) is 11.3 Å². The number of nitriles is 1. The molecule has 0 saturated heterocycles. The van der Waals surface area contributed by atoms with Gasteiger partial charge in [0.2, 0.25) is 5.88 Å². The molecule has 1 aromatic rings. The molecule has 1 heterocycles. The number of anilines is 1. The molecule has 16 heavy (non-hydrogen) atoms. The van der Waals surface area contributed by atoms with Gasteiger partial charge in [0.1, 0.15) is 18.4 Å². The second-order valence-corrected chi connectivity index (χ2v) is 2.67. The summed E-state index contributed by atoms with van der Waals surface area (Å²) in [6.07, 6.45) is -4.19. The van der Waals surface area contributed by atoms with E-state index in [1.807, 2.05) is 0 Å². The molecule has 0 amide bonds. The summed E-state index contributed by atoms with van der Waals surface area (Å²) < 4.78 is 51.4. The Morgan fingerprint density at radius 3 is 2.56 bits per heavy atom. The van der Waals surface area contributed by atoms with Crippen LogP contribution in [0.2, 0.25) is 0 Å². The Morgan fingerprint density at radius 2 is 2.12 bits per heavy atom. The lowest BCUT2D eigenvalue weighted by molar-refractivity contribution is -0.275. The number of ether oxygens (including phenoxy) is 1. The van der Waals surface area contributed by atoms with Crippen LogP contribution in [0.5, 0.6) is 5.88 Å². The predicted octanol–water partition coefficient (Wildman–Crippen LogP) is 1.90. The lowest BCUT2D eigenvalue weighted by atomic mass is 10.1. The molecule has 0 fully saturated rings. The molecule has 0 aliphatic rings. The van der Waals surface area contributed by atoms with Crippen LogP contribution in [0, 0.1) is 11.3 Å². The van der Waals surface area contributed by atoms with Crippen molar-refractivity contribution >= 4 is 5.69 Å². The molecule has 0 radical (unpaired) electrons. The molecule has 0 saturated carbocycles. The smallest absolute Gasteiger partial charge is 0.393 e. The van der Waals surface area contributed by atoms with Crippen LogP contribution < -0.4 is 10.5 Å². The van der Waals surface area contributed by atoms with Gasteiger partial charge in [-0.15, -0.1) is 13.2 Å². The highest BCUT2D eigenvalue weighted by Crippen LogP contribution is 2.30. The predicted molar refractivity (Wildman–Crippen MR) is 44.9 cm³/mol. The van der Waals surface area contributed by atoms with Crippen LogP contribution in [0.4, 0.5) is 23.2 Å². The second-order valence-electron chi connectivity index (χ2n) is 2.67. The minimum atomic E-state index is -4.97. The third-order valence-electron chi connectivity index (χ3n) is 1.63. The topological polar surface area (TPSA) is 71.9 Å². The average Bonchev–Trinajstić information content (AvgIpc) is 2.19. The van der Waals surface area contributed by atoms with Gasteiger partial charge in [0.15, 0.2) is 0 Å². The number of nitrogens with zero attached hydrogens (tertiary/aromatic N) is 2. The first-order chi connectivity index (χ1) is 7.39. The number of hydrogen-bond acceptors (Lipinski definition) is 4. The van der Waals surface area contributed by atoms with Crippen molar-refractivity contribution in [3.63, 3.8) is 0 Å². The van der Waals surface area contributed by atoms with Gasteiger partial charge >= 0.3 is 6.36 Å². The number of nitrogens with two attached hydrogens (primary N) is 1. The maximum atomic E-state index is 12.3. The van der Waals surface area contributed by atoms with Gasteiger partial charge in [0.05, 0.1) is 5.56 Å². The lowest BCUT2D eigenvalue weighted by Gasteiger charge is -2.11. The Bertz CT molecular complexity index is 438. The van der Waals surface area contributed by atoms with E-state index in [4.69, 9.17) is 11.0 Å². The minimum Gasteiger partial charge on any atom is -0.393 e. The zero-order valence-electron chi connectivity index (χ0n) is 7.68. The molecule has 0 atom stereocenters. The molecule has 2 N–H and O–H groups in total. The van der Waals surface area contributed by atoms with Crippen LogP contribution in [0.25, 0.3) is 0 Å². The van der Waals surface area contributed by atoms with E-state index in [1.54, 1.807) is 0 Å². The van der Waals surface area contributed by atoms with E-state index in [1.165, 1.54) is 6.07 Å². The van der Waals surface area contributed by atoms with Crippen LogP contribution in [0.1, 0.15) is 11.1 Å². The van der Waals surface area contributed by atoms with Gasteiger partial charge < -0.3 is 10.5 Å². The van der Waals surface area contributed by atoms with Gasteiger partial charge in [-0.3, -0.25) is 0 Å². The Hall–Kier alpha value is -2.04. The summed E-state index contributed by atoms with van der Waals surface area (Å²) in [5, 5.41) is 8.59. The van der Waals surface area contributed by atoms with Crippen molar-refractivity contribution in [3.8, 4) is 11.9 Å². The summed E-state index contributed by atoms with van der Waals surface area (Å²) >= 11 is 0. The Labute approximate surface area is 87.3 Å². The molecule has 1 aromatic heterocycles. The zero-order chi connectivity index (χ0) is 12.3. The SMILES string of the molecule is N#Cc1c(CF)cnc(OC(F)(F)F)c1N. The largest absolute Gasteiger partial charge is 0.574 e. The van der Waals surface area contributed by atoms with Crippen molar-refractivity contribution in [2.45, 2.75) is 13.0 Å². The molecule has 1 rings (SSSR count). The van der Waals surface area contributed by atoms with Gasteiger partial charge in [0.25, 0.3) is 0 Å². The highest BCUT2D eigenvalue weighted by atomic mass is 19.4. The van der Waals surface area contributed by atoms with E-state index in [9.17, 15) is 17.6 Å². The third-order valence-corrected chi connectivity index (χ3v) is 1.63. The Kier molecular flexibility index (Phi) is 3.17. The summed E-state index contributed by atoms with van der Waals surface area (Å²) in [6, 6.07) is 1.49. The average molecular weight is 235 g/mol. The quantitative estimate of drug-likeness (QED) is 0.794. The first kappa shape index (κ1) is 12.0. The Balaban J connectivity index is 3.21. The van der Waals surface area contributed by atoms with Crippen molar-refractivity contribution in [1.82, 2.24) is 4.98 Å². The van der Waals surface area contributed by atoms with Gasteiger partial charge in [-0.2, -0.15) is 5.26 Å². The number of pyridine rings is 1.